The Kier molecular flexibility index (Phi) is 6.84. The number of anilines is 1. The van der Waals surface area contributed by atoms with Crippen LogP contribution in [0.4, 0.5) is 5.69 Å². The van der Waals surface area contributed by atoms with Crippen molar-refractivity contribution in [3.05, 3.63) is 35.5 Å². The third kappa shape index (κ3) is 4.97. The second kappa shape index (κ2) is 9.09. The quantitative estimate of drug-likeness (QED) is 0.612. The number of piperidine rings is 1. The molecule has 2 rings (SSSR count). The number of aliphatic hydroxyl groups is 1. The highest BCUT2D eigenvalue weighted by atomic mass is 16.5. The van der Waals surface area contributed by atoms with Gasteiger partial charge in [0.05, 0.1) is 12.8 Å². The van der Waals surface area contributed by atoms with E-state index in [1.54, 1.807) is 18.3 Å². The van der Waals surface area contributed by atoms with Gasteiger partial charge in [0.2, 0.25) is 0 Å². The summed E-state index contributed by atoms with van der Waals surface area (Å²) in [6.45, 7) is 2.81. The molecule has 1 aliphatic heterocycles. The minimum atomic E-state index is -0.459. The van der Waals surface area contributed by atoms with Crippen LogP contribution in [0.2, 0.25) is 0 Å². The fourth-order valence-corrected chi connectivity index (χ4v) is 3.07. The maximum absolute atomic E-state index is 12.5. The number of hydrogen-bond acceptors (Lipinski definition) is 5. The van der Waals surface area contributed by atoms with Crippen molar-refractivity contribution in [2.75, 3.05) is 25.6 Å². The SMILES string of the molecule is COc1ccc(C)cc1NC(=O)/C(C#N)=C\N1CCCCC1CCO. The highest BCUT2D eigenvalue weighted by molar-refractivity contribution is 6.07. The molecule has 134 valence electrons. The van der Waals surface area contributed by atoms with E-state index in [2.05, 4.69) is 5.32 Å². The summed E-state index contributed by atoms with van der Waals surface area (Å²) in [4.78, 5) is 14.5. The normalized spacial score (nSPS) is 17.8. The maximum atomic E-state index is 12.5. The monoisotopic (exact) mass is 343 g/mol. The predicted molar refractivity (Wildman–Crippen MR) is 96.1 cm³/mol. The number of nitrogens with zero attached hydrogens (tertiary/aromatic N) is 2. The van der Waals surface area contributed by atoms with Crippen LogP contribution in [-0.2, 0) is 4.79 Å². The number of nitrogens with one attached hydrogen (secondary N) is 1. The second-order valence-corrected chi connectivity index (χ2v) is 6.21. The number of carbonyl (C=O) groups is 1. The summed E-state index contributed by atoms with van der Waals surface area (Å²) >= 11 is 0. The Balaban J connectivity index is 2.18. The molecule has 0 aliphatic carbocycles. The highest BCUT2D eigenvalue weighted by Crippen LogP contribution is 2.26. The fourth-order valence-electron chi connectivity index (χ4n) is 3.07. The smallest absolute Gasteiger partial charge is 0.267 e. The van der Waals surface area contributed by atoms with Gasteiger partial charge in [0.25, 0.3) is 5.91 Å². The molecule has 6 heteroatoms. The van der Waals surface area contributed by atoms with E-state index in [1.807, 2.05) is 24.0 Å². The van der Waals surface area contributed by atoms with Gasteiger partial charge < -0.3 is 20.1 Å². The van der Waals surface area contributed by atoms with Gasteiger partial charge in [-0.2, -0.15) is 5.26 Å². The lowest BCUT2D eigenvalue weighted by atomic mass is 10.00. The Morgan fingerprint density at radius 3 is 3.00 bits per heavy atom. The third-order valence-corrected chi connectivity index (χ3v) is 4.40. The zero-order valence-electron chi connectivity index (χ0n) is 14.8. The number of aryl methyl sites for hydroxylation is 1. The van der Waals surface area contributed by atoms with Crippen molar-refractivity contribution < 1.29 is 14.6 Å². The van der Waals surface area contributed by atoms with Gasteiger partial charge in [-0.05, 0) is 50.3 Å². The van der Waals surface area contributed by atoms with Crippen molar-refractivity contribution in [3.63, 3.8) is 0 Å². The highest BCUT2D eigenvalue weighted by Gasteiger charge is 2.21. The van der Waals surface area contributed by atoms with E-state index < -0.39 is 5.91 Å². The molecule has 1 atom stereocenters. The van der Waals surface area contributed by atoms with Crippen molar-refractivity contribution in [2.24, 2.45) is 0 Å². The summed E-state index contributed by atoms with van der Waals surface area (Å²) in [6.07, 6.45) is 5.34. The maximum Gasteiger partial charge on any atom is 0.267 e. The van der Waals surface area contributed by atoms with Gasteiger partial charge in [0.15, 0.2) is 0 Å². The molecule has 1 aromatic carbocycles. The van der Waals surface area contributed by atoms with E-state index >= 15 is 0 Å². The van der Waals surface area contributed by atoms with Gasteiger partial charge in [-0.25, -0.2) is 0 Å². The first-order valence-corrected chi connectivity index (χ1v) is 8.53. The van der Waals surface area contributed by atoms with Crippen LogP contribution < -0.4 is 10.1 Å². The number of nitriles is 1. The summed E-state index contributed by atoms with van der Waals surface area (Å²) in [5.74, 6) is 0.0899. The minimum absolute atomic E-state index is 0.0494. The Morgan fingerprint density at radius 1 is 1.52 bits per heavy atom. The topological polar surface area (TPSA) is 85.6 Å². The number of methoxy groups -OCH3 is 1. The summed E-state index contributed by atoms with van der Waals surface area (Å²) in [7, 11) is 1.54. The first-order valence-electron chi connectivity index (χ1n) is 8.53. The molecule has 1 aromatic rings. The van der Waals surface area contributed by atoms with Gasteiger partial charge in [-0.15, -0.1) is 0 Å². The van der Waals surface area contributed by atoms with Crippen LogP contribution in [0, 0.1) is 18.3 Å². The van der Waals surface area contributed by atoms with Gasteiger partial charge in [0, 0.05) is 25.4 Å². The molecule has 25 heavy (non-hydrogen) atoms. The zero-order chi connectivity index (χ0) is 18.2. The molecular weight excluding hydrogens is 318 g/mol. The van der Waals surface area contributed by atoms with E-state index in [0.29, 0.717) is 17.9 Å². The van der Waals surface area contributed by atoms with Crippen LogP contribution in [-0.4, -0.2) is 42.2 Å². The summed E-state index contributed by atoms with van der Waals surface area (Å²) < 4.78 is 5.26. The Labute approximate surface area is 148 Å². The van der Waals surface area contributed by atoms with Gasteiger partial charge in [-0.1, -0.05) is 6.07 Å². The van der Waals surface area contributed by atoms with Gasteiger partial charge in [-0.3, -0.25) is 4.79 Å². The second-order valence-electron chi connectivity index (χ2n) is 6.21. The molecule has 0 saturated carbocycles. The van der Waals surface area contributed by atoms with Crippen molar-refractivity contribution in [2.45, 2.75) is 38.6 Å². The molecular formula is C19H25N3O3. The van der Waals surface area contributed by atoms with Gasteiger partial charge >= 0.3 is 0 Å². The average Bonchev–Trinajstić information content (AvgIpc) is 2.61. The number of carbonyl (C=O) groups excluding carboxylic acids is 1. The van der Waals surface area contributed by atoms with E-state index in [1.165, 1.54) is 7.11 Å². The summed E-state index contributed by atoms with van der Waals surface area (Å²) in [5, 5.41) is 21.4. The van der Waals surface area contributed by atoms with Crippen molar-refractivity contribution in [1.82, 2.24) is 4.90 Å². The number of rotatable bonds is 6. The van der Waals surface area contributed by atoms with Crippen molar-refractivity contribution in [1.29, 1.82) is 5.26 Å². The first-order chi connectivity index (χ1) is 12.1. The van der Waals surface area contributed by atoms with E-state index in [9.17, 15) is 15.2 Å². The zero-order valence-corrected chi connectivity index (χ0v) is 14.8. The number of aliphatic hydroxyl groups excluding tert-OH is 1. The summed E-state index contributed by atoms with van der Waals surface area (Å²) in [6, 6.07) is 7.64. The lowest BCUT2D eigenvalue weighted by Gasteiger charge is -2.34. The van der Waals surface area contributed by atoms with Crippen LogP contribution in [0.1, 0.15) is 31.2 Å². The molecule has 1 heterocycles. The Hall–Kier alpha value is -2.52. The number of hydrogen-bond donors (Lipinski definition) is 2. The molecule has 1 amide bonds. The van der Waals surface area contributed by atoms with Crippen LogP contribution >= 0.6 is 0 Å². The number of amides is 1. The largest absolute Gasteiger partial charge is 0.495 e. The molecule has 0 bridgehead atoms. The first kappa shape index (κ1) is 18.8. The fraction of sp³-hybridized carbons (Fsp3) is 0.474. The molecule has 0 aromatic heterocycles. The van der Waals surface area contributed by atoms with E-state index in [0.717, 1.165) is 31.4 Å². The van der Waals surface area contributed by atoms with Crippen LogP contribution in [0.25, 0.3) is 0 Å². The molecule has 6 nitrogen and oxygen atoms in total. The van der Waals surface area contributed by atoms with Crippen LogP contribution in [0.5, 0.6) is 5.75 Å². The lowest BCUT2D eigenvalue weighted by Crippen LogP contribution is -2.37. The molecule has 2 N–H and O–H groups in total. The van der Waals surface area contributed by atoms with E-state index in [-0.39, 0.29) is 18.2 Å². The lowest BCUT2D eigenvalue weighted by molar-refractivity contribution is -0.112. The van der Waals surface area contributed by atoms with Crippen LogP contribution in [0.3, 0.4) is 0 Å². The molecule has 0 radical (unpaired) electrons. The molecule has 1 saturated heterocycles. The summed E-state index contributed by atoms with van der Waals surface area (Å²) in [5.41, 5.74) is 1.57. The molecule has 1 unspecified atom stereocenters. The minimum Gasteiger partial charge on any atom is -0.495 e. The standard InChI is InChI=1S/C19H25N3O3/c1-14-6-7-18(25-2)17(11-14)21-19(24)15(12-20)13-22-9-4-3-5-16(22)8-10-23/h6-7,11,13,16,23H,3-5,8-10H2,1-2H3,(H,21,24)/b15-13-. The Morgan fingerprint density at radius 2 is 2.32 bits per heavy atom. The van der Waals surface area contributed by atoms with Crippen molar-refractivity contribution >= 4 is 11.6 Å². The number of likely N-dealkylation sites (tertiary alicyclic amines) is 1. The Bertz CT molecular complexity index is 677. The number of ether oxygens (including phenoxy) is 1. The molecule has 1 aliphatic rings. The number of benzene rings is 1. The van der Waals surface area contributed by atoms with Crippen molar-refractivity contribution in [3.8, 4) is 11.8 Å². The molecule has 0 spiro atoms. The van der Waals surface area contributed by atoms with Crippen LogP contribution in [0.15, 0.2) is 30.0 Å². The van der Waals surface area contributed by atoms with E-state index in [4.69, 9.17) is 4.74 Å². The third-order valence-electron chi connectivity index (χ3n) is 4.40. The average molecular weight is 343 g/mol. The predicted octanol–water partition coefficient (Wildman–Crippen LogP) is 2.59. The molecule has 1 fully saturated rings. The van der Waals surface area contributed by atoms with Gasteiger partial charge in [0.1, 0.15) is 17.4 Å².